The first-order valence-electron chi connectivity index (χ1n) is 28.3. The summed E-state index contributed by atoms with van der Waals surface area (Å²) in [5, 5.41) is 6.18. The average molecular weight is 909 g/mol. The number of rotatable bonds is 34. The Balaban J connectivity index is 1.19. The van der Waals surface area contributed by atoms with Gasteiger partial charge in [0, 0.05) is 32.5 Å². The standard InChI is InChI=1S/C57H104N4O4/c1-7-8-9-10-11-12-13-14-15-16-17-22-30-53(62)59-40-25-20-21-26-42-61(44-54(63)60-41-24-19-18-23-39-58)55(64)65-48-35-37-56(5)47(43-48)31-32-49-51-34-33-50(46(4)29-27-28-45(2)3)57(51,6)38-36-52(49)56/h31,45-46,48-52H,7-30,32-44,58H2,1-6H3,(H,59,62)(H,60,63)/t46-,48+,49+,50-,51+,52+,56+,57-/m1/s1. The number of amides is 3. The first-order chi connectivity index (χ1) is 31.4. The highest BCUT2D eigenvalue weighted by molar-refractivity contribution is 5.82. The summed E-state index contributed by atoms with van der Waals surface area (Å²) in [5.41, 5.74) is 7.86. The molecular formula is C57H104N4O4. The smallest absolute Gasteiger partial charge is 0.410 e. The van der Waals surface area contributed by atoms with E-state index in [-0.39, 0.29) is 36.0 Å². The molecule has 0 radical (unpaired) electrons. The van der Waals surface area contributed by atoms with Crippen LogP contribution in [0.5, 0.6) is 0 Å². The monoisotopic (exact) mass is 909 g/mol. The summed E-state index contributed by atoms with van der Waals surface area (Å²) in [5.74, 6) is 4.90. The number of fused-ring (bicyclic) bond motifs is 5. The molecule has 8 atom stereocenters. The van der Waals surface area contributed by atoms with Crippen LogP contribution in [-0.2, 0) is 14.3 Å². The Bertz CT molecular complexity index is 1380. The fourth-order valence-electron chi connectivity index (χ4n) is 13.5. The lowest BCUT2D eigenvalue weighted by Crippen LogP contribution is -2.51. The van der Waals surface area contributed by atoms with Gasteiger partial charge in [-0.25, -0.2) is 4.79 Å². The average Bonchev–Trinajstić information content (AvgIpc) is 3.64. The molecule has 0 bridgehead atoms. The number of nitrogens with two attached hydrogens (primary N) is 1. The maximum Gasteiger partial charge on any atom is 0.410 e. The molecule has 3 fully saturated rings. The van der Waals surface area contributed by atoms with E-state index in [1.165, 1.54) is 121 Å². The normalized spacial score (nSPS) is 26.5. The highest BCUT2D eigenvalue weighted by atomic mass is 16.6. The van der Waals surface area contributed by atoms with Gasteiger partial charge in [-0.3, -0.25) is 14.5 Å². The second-order valence-electron chi connectivity index (χ2n) is 22.9. The second-order valence-corrected chi connectivity index (χ2v) is 22.9. The number of nitrogens with zero attached hydrogens (tertiary/aromatic N) is 1. The van der Waals surface area contributed by atoms with E-state index in [1.807, 2.05) is 0 Å². The lowest BCUT2D eigenvalue weighted by Gasteiger charge is -2.58. The van der Waals surface area contributed by atoms with Gasteiger partial charge >= 0.3 is 6.09 Å². The highest BCUT2D eigenvalue weighted by Gasteiger charge is 2.59. The molecule has 4 N–H and O–H groups in total. The minimum absolute atomic E-state index is 0.0329. The van der Waals surface area contributed by atoms with Crippen LogP contribution in [0, 0.1) is 46.3 Å². The van der Waals surface area contributed by atoms with E-state index in [2.05, 4.69) is 58.3 Å². The van der Waals surface area contributed by atoms with Gasteiger partial charge in [0.15, 0.2) is 0 Å². The molecule has 8 heteroatoms. The summed E-state index contributed by atoms with van der Waals surface area (Å²) in [4.78, 5) is 41.2. The van der Waals surface area contributed by atoms with E-state index in [4.69, 9.17) is 10.5 Å². The van der Waals surface area contributed by atoms with Crippen molar-refractivity contribution < 1.29 is 19.1 Å². The van der Waals surface area contributed by atoms with Crippen LogP contribution in [0.3, 0.4) is 0 Å². The van der Waals surface area contributed by atoms with Crippen LogP contribution in [0.2, 0.25) is 0 Å². The fraction of sp³-hybridized carbons (Fsp3) is 0.912. The molecule has 3 amide bonds. The van der Waals surface area contributed by atoms with Crippen LogP contribution >= 0.6 is 0 Å². The molecule has 0 aromatic rings. The molecule has 0 heterocycles. The minimum Gasteiger partial charge on any atom is -0.446 e. The van der Waals surface area contributed by atoms with Crippen molar-refractivity contribution in [3.05, 3.63) is 11.6 Å². The van der Waals surface area contributed by atoms with E-state index >= 15 is 0 Å². The van der Waals surface area contributed by atoms with Crippen molar-refractivity contribution in [1.29, 1.82) is 0 Å². The molecule has 65 heavy (non-hydrogen) atoms. The number of carbonyl (C=O) groups excluding carboxylic acids is 3. The fourth-order valence-corrected chi connectivity index (χ4v) is 13.5. The molecule has 0 unspecified atom stereocenters. The molecule has 3 saturated carbocycles. The van der Waals surface area contributed by atoms with Crippen LogP contribution in [0.1, 0.15) is 247 Å². The molecule has 0 spiro atoms. The van der Waals surface area contributed by atoms with Gasteiger partial charge in [-0.15, -0.1) is 0 Å². The summed E-state index contributed by atoms with van der Waals surface area (Å²) in [6.45, 7) is 17.4. The SMILES string of the molecule is CCCCCCCCCCCCCCC(=O)NCCCCCCN(CC(=O)NCCCCCCN)C(=O)O[C@H]1CC[C@@]2(C)C(=CC[C@H]3[C@@H]4CC[C@H]([C@H](C)CCCC(C)C)[C@@]4(C)CC[C@@H]32)C1. The molecule has 0 aromatic carbocycles. The molecule has 376 valence electrons. The van der Waals surface area contributed by atoms with Crippen LogP contribution < -0.4 is 16.4 Å². The molecular weight excluding hydrogens is 805 g/mol. The Morgan fingerprint density at radius 3 is 1.98 bits per heavy atom. The van der Waals surface area contributed by atoms with E-state index in [9.17, 15) is 14.4 Å². The van der Waals surface area contributed by atoms with E-state index in [0.717, 1.165) is 119 Å². The maximum absolute atomic E-state index is 13.9. The number of carbonyl (C=O) groups is 3. The van der Waals surface area contributed by atoms with Crippen LogP contribution in [-0.4, -0.2) is 61.6 Å². The Labute approximate surface area is 400 Å². The van der Waals surface area contributed by atoms with Gasteiger partial charge in [-0.1, -0.05) is 169 Å². The first-order valence-corrected chi connectivity index (χ1v) is 28.3. The number of nitrogens with one attached hydrogen (secondary N) is 2. The minimum atomic E-state index is -0.344. The number of hydrogen-bond donors (Lipinski definition) is 3. The van der Waals surface area contributed by atoms with Crippen molar-refractivity contribution in [3.63, 3.8) is 0 Å². The van der Waals surface area contributed by atoms with Crippen molar-refractivity contribution in [2.75, 3.05) is 32.7 Å². The van der Waals surface area contributed by atoms with Gasteiger partial charge in [-0.2, -0.15) is 0 Å². The predicted molar refractivity (Wildman–Crippen MR) is 273 cm³/mol. The number of unbranched alkanes of at least 4 members (excludes halogenated alkanes) is 17. The lowest BCUT2D eigenvalue weighted by molar-refractivity contribution is -0.122. The van der Waals surface area contributed by atoms with Crippen molar-refractivity contribution in [1.82, 2.24) is 15.5 Å². The van der Waals surface area contributed by atoms with Crippen LogP contribution in [0.4, 0.5) is 4.79 Å². The third kappa shape index (κ3) is 18.4. The maximum atomic E-state index is 13.9. The zero-order valence-corrected chi connectivity index (χ0v) is 43.4. The number of ether oxygens (including phenoxy) is 1. The Kier molecular flexibility index (Phi) is 26.0. The predicted octanol–water partition coefficient (Wildman–Crippen LogP) is 14.2. The summed E-state index contributed by atoms with van der Waals surface area (Å²) >= 11 is 0. The molecule has 8 nitrogen and oxygen atoms in total. The lowest BCUT2D eigenvalue weighted by atomic mass is 9.47. The van der Waals surface area contributed by atoms with Gasteiger partial charge in [-0.05, 0) is 130 Å². The largest absolute Gasteiger partial charge is 0.446 e. The molecule has 0 aliphatic heterocycles. The molecule has 0 saturated heterocycles. The highest BCUT2D eigenvalue weighted by Crippen LogP contribution is 2.67. The molecule has 4 rings (SSSR count). The van der Waals surface area contributed by atoms with E-state index in [0.29, 0.717) is 38.0 Å². The van der Waals surface area contributed by atoms with Crippen LogP contribution in [0.25, 0.3) is 0 Å². The van der Waals surface area contributed by atoms with Crippen molar-refractivity contribution >= 4 is 17.9 Å². The van der Waals surface area contributed by atoms with Crippen LogP contribution in [0.15, 0.2) is 11.6 Å². The summed E-state index contributed by atoms with van der Waals surface area (Å²) in [6.07, 6.45) is 39.7. The zero-order valence-electron chi connectivity index (χ0n) is 43.4. The van der Waals surface area contributed by atoms with Crippen molar-refractivity contribution in [3.8, 4) is 0 Å². The number of allylic oxidation sites excluding steroid dienone is 1. The first kappa shape index (κ1) is 55.5. The van der Waals surface area contributed by atoms with Gasteiger partial charge in [0.05, 0.1) is 0 Å². The number of hydrogen-bond acceptors (Lipinski definition) is 5. The topological polar surface area (TPSA) is 114 Å². The summed E-state index contributed by atoms with van der Waals surface area (Å²) in [7, 11) is 0. The van der Waals surface area contributed by atoms with E-state index in [1.54, 1.807) is 4.90 Å². The van der Waals surface area contributed by atoms with Crippen molar-refractivity contribution in [2.45, 2.75) is 253 Å². The molecule has 0 aromatic heterocycles. The van der Waals surface area contributed by atoms with Crippen molar-refractivity contribution in [2.24, 2.45) is 52.1 Å². The third-order valence-corrected chi connectivity index (χ3v) is 17.5. The summed E-state index contributed by atoms with van der Waals surface area (Å²) < 4.78 is 6.34. The molecule has 4 aliphatic rings. The zero-order chi connectivity index (χ0) is 46.9. The van der Waals surface area contributed by atoms with E-state index < -0.39 is 0 Å². The van der Waals surface area contributed by atoms with Gasteiger partial charge in [0.1, 0.15) is 12.6 Å². The third-order valence-electron chi connectivity index (χ3n) is 17.5. The Morgan fingerprint density at radius 2 is 1.32 bits per heavy atom. The van der Waals surface area contributed by atoms with Gasteiger partial charge < -0.3 is 21.1 Å². The Hall–Kier alpha value is -2.09. The summed E-state index contributed by atoms with van der Waals surface area (Å²) in [6, 6.07) is 0. The molecule has 4 aliphatic carbocycles. The second kappa shape index (κ2) is 30.4. The quantitative estimate of drug-likeness (QED) is 0.0440. The van der Waals surface area contributed by atoms with Gasteiger partial charge in [0.25, 0.3) is 0 Å². The van der Waals surface area contributed by atoms with Gasteiger partial charge in [0.2, 0.25) is 11.8 Å². The Morgan fingerprint density at radius 1 is 0.708 bits per heavy atom.